The number of nitro benzene ring substituents is 1. The van der Waals surface area contributed by atoms with Crippen molar-refractivity contribution in [2.75, 3.05) is 16.4 Å². The normalized spacial score (nSPS) is 11.4. The Morgan fingerprint density at radius 1 is 0.889 bits per heavy atom. The maximum Gasteiger partial charge on any atom is 0.418 e. The lowest BCUT2D eigenvalue weighted by atomic mass is 10.1. The second-order valence-electron chi connectivity index (χ2n) is 9.20. The second-order valence-corrected chi connectivity index (χ2v) is 10.7. The Morgan fingerprint density at radius 2 is 1.56 bits per heavy atom. The highest BCUT2D eigenvalue weighted by Crippen LogP contribution is 2.36. The van der Waals surface area contributed by atoms with E-state index in [1.165, 1.54) is 54.6 Å². The predicted molar refractivity (Wildman–Crippen MR) is 166 cm³/mol. The van der Waals surface area contributed by atoms with Crippen molar-refractivity contribution in [2.45, 2.75) is 11.1 Å². The van der Waals surface area contributed by atoms with Gasteiger partial charge in [0.2, 0.25) is 5.91 Å². The molecule has 3 amide bonds. The first-order valence-corrected chi connectivity index (χ1v) is 14.3. The third-order valence-corrected chi connectivity index (χ3v) is 7.25. The summed E-state index contributed by atoms with van der Waals surface area (Å²) in [5.41, 5.74) is -1.36. The molecule has 0 saturated heterocycles. The number of hydrogen-bond acceptors (Lipinski definition) is 6. The fourth-order valence-corrected chi connectivity index (χ4v) is 4.77. The third-order valence-electron chi connectivity index (χ3n) is 6.01. The minimum absolute atomic E-state index is 0.0898. The average molecular weight is 655 g/mol. The number of alkyl halides is 3. The summed E-state index contributed by atoms with van der Waals surface area (Å²) < 4.78 is 39.9. The number of rotatable bonds is 10. The first-order valence-electron chi connectivity index (χ1n) is 12.9. The van der Waals surface area contributed by atoms with Crippen LogP contribution in [0.5, 0.6) is 0 Å². The number of carbonyl (C=O) groups excluding carboxylic acids is 3. The molecule has 0 aromatic heterocycles. The SMILES string of the molecule is O=C(CSc1ccc(NC(=O)/C(=C/c2ccccc2[N+](=O)[O-])NC(=O)c2ccccc2)cc1)Nc1ccc(Cl)cc1C(F)(F)F. The van der Waals surface area contributed by atoms with Gasteiger partial charge in [0.15, 0.2) is 0 Å². The van der Waals surface area contributed by atoms with Crippen LogP contribution in [0.25, 0.3) is 6.08 Å². The Balaban J connectivity index is 1.45. The van der Waals surface area contributed by atoms with Crippen molar-refractivity contribution < 1.29 is 32.5 Å². The number of nitro groups is 1. The van der Waals surface area contributed by atoms with Gasteiger partial charge in [-0.1, -0.05) is 41.9 Å². The van der Waals surface area contributed by atoms with Crippen LogP contribution >= 0.6 is 23.4 Å². The second kappa shape index (κ2) is 14.6. The smallest absolute Gasteiger partial charge is 0.325 e. The van der Waals surface area contributed by atoms with Crippen LogP contribution in [0.3, 0.4) is 0 Å². The highest BCUT2D eigenvalue weighted by atomic mass is 35.5. The van der Waals surface area contributed by atoms with Gasteiger partial charge in [-0.25, -0.2) is 0 Å². The molecule has 4 aromatic rings. The van der Waals surface area contributed by atoms with Crippen LogP contribution in [0.15, 0.2) is 108 Å². The van der Waals surface area contributed by atoms with Crippen molar-refractivity contribution in [3.63, 3.8) is 0 Å². The number of amides is 3. The number of benzene rings is 4. The van der Waals surface area contributed by atoms with Crippen LogP contribution in [0.2, 0.25) is 5.02 Å². The van der Waals surface area contributed by atoms with Gasteiger partial charge in [0.1, 0.15) is 5.70 Å². The Labute approximate surface area is 263 Å². The fourth-order valence-electron chi connectivity index (χ4n) is 3.90. The Kier molecular flexibility index (Phi) is 10.6. The molecule has 0 bridgehead atoms. The van der Waals surface area contributed by atoms with Gasteiger partial charge in [-0.15, -0.1) is 11.8 Å². The molecule has 0 saturated carbocycles. The molecule has 4 rings (SSSR count). The zero-order chi connectivity index (χ0) is 32.6. The number of para-hydroxylation sites is 1. The molecule has 9 nitrogen and oxygen atoms in total. The van der Waals surface area contributed by atoms with E-state index in [9.17, 15) is 37.7 Å². The highest BCUT2D eigenvalue weighted by molar-refractivity contribution is 8.00. The van der Waals surface area contributed by atoms with E-state index < -0.39 is 40.1 Å². The van der Waals surface area contributed by atoms with Crippen LogP contribution in [-0.2, 0) is 15.8 Å². The van der Waals surface area contributed by atoms with Gasteiger partial charge in [-0.3, -0.25) is 24.5 Å². The lowest BCUT2D eigenvalue weighted by Crippen LogP contribution is -2.30. The van der Waals surface area contributed by atoms with E-state index >= 15 is 0 Å². The standard InChI is InChI=1S/C31H22ClF3N4O5S/c32-21-10-15-25(24(17-21)31(33,34)35)37-28(40)18-45-23-13-11-22(12-14-23)36-30(42)26(38-29(41)19-6-2-1-3-7-19)16-20-8-4-5-9-27(20)39(43)44/h1-17H,18H2,(H,36,42)(H,37,40)(H,38,41)/b26-16-. The predicted octanol–water partition coefficient (Wildman–Crippen LogP) is 7.41. The molecular formula is C31H22ClF3N4O5S. The van der Waals surface area contributed by atoms with Crippen LogP contribution in [-0.4, -0.2) is 28.4 Å². The van der Waals surface area contributed by atoms with Gasteiger partial charge in [0.05, 0.1) is 27.5 Å². The molecule has 14 heteroatoms. The summed E-state index contributed by atoms with van der Waals surface area (Å²) in [4.78, 5) is 49.9. The summed E-state index contributed by atoms with van der Waals surface area (Å²) in [6.45, 7) is 0. The van der Waals surface area contributed by atoms with Gasteiger partial charge < -0.3 is 16.0 Å². The minimum Gasteiger partial charge on any atom is -0.325 e. The molecule has 0 spiro atoms. The van der Waals surface area contributed by atoms with Crippen LogP contribution in [0.1, 0.15) is 21.5 Å². The molecule has 0 aliphatic heterocycles. The van der Waals surface area contributed by atoms with Crippen molar-refractivity contribution in [2.24, 2.45) is 0 Å². The molecule has 0 fully saturated rings. The lowest BCUT2D eigenvalue weighted by Gasteiger charge is -2.14. The van der Waals surface area contributed by atoms with Crippen LogP contribution in [0.4, 0.5) is 30.2 Å². The number of anilines is 2. The van der Waals surface area contributed by atoms with Gasteiger partial charge in [-0.2, -0.15) is 13.2 Å². The molecule has 0 atom stereocenters. The quantitative estimate of drug-likeness (QED) is 0.0707. The molecule has 0 aliphatic carbocycles. The molecule has 0 heterocycles. The van der Waals surface area contributed by atoms with Crippen LogP contribution < -0.4 is 16.0 Å². The highest BCUT2D eigenvalue weighted by Gasteiger charge is 2.34. The van der Waals surface area contributed by atoms with Gasteiger partial charge in [0, 0.05) is 27.2 Å². The van der Waals surface area contributed by atoms with E-state index in [1.54, 1.807) is 36.4 Å². The van der Waals surface area contributed by atoms with Crippen LogP contribution in [0, 0.1) is 10.1 Å². The number of thioether (sulfide) groups is 1. The molecular weight excluding hydrogens is 633 g/mol. The van der Waals surface area contributed by atoms with E-state index in [0.29, 0.717) is 10.6 Å². The summed E-state index contributed by atoms with van der Waals surface area (Å²) in [5, 5.41) is 18.8. The summed E-state index contributed by atoms with van der Waals surface area (Å²) in [6.07, 6.45) is -3.52. The first kappa shape index (κ1) is 32.8. The maximum absolute atomic E-state index is 13.3. The van der Waals surface area contributed by atoms with Crippen molar-refractivity contribution in [3.05, 3.63) is 135 Å². The van der Waals surface area contributed by atoms with Gasteiger partial charge in [-0.05, 0) is 66.7 Å². The molecule has 0 radical (unpaired) electrons. The first-order chi connectivity index (χ1) is 21.4. The number of halogens is 4. The van der Waals surface area contributed by atoms with E-state index in [4.69, 9.17) is 11.6 Å². The molecule has 0 aliphatic rings. The maximum atomic E-state index is 13.3. The van der Waals surface area contributed by atoms with Gasteiger partial charge in [0.25, 0.3) is 17.5 Å². The molecule has 4 aromatic carbocycles. The minimum atomic E-state index is -4.71. The number of hydrogen-bond donors (Lipinski definition) is 3. The summed E-state index contributed by atoms with van der Waals surface area (Å²) in [7, 11) is 0. The monoisotopic (exact) mass is 654 g/mol. The summed E-state index contributed by atoms with van der Waals surface area (Å²) in [5.74, 6) is -2.26. The molecule has 0 unspecified atom stereocenters. The fraction of sp³-hybridized carbons (Fsp3) is 0.0645. The Bertz CT molecular complexity index is 1770. The van der Waals surface area contributed by atoms with Gasteiger partial charge >= 0.3 is 6.18 Å². The van der Waals surface area contributed by atoms with Crippen molar-refractivity contribution in [1.29, 1.82) is 0 Å². The van der Waals surface area contributed by atoms with Crippen molar-refractivity contribution >= 4 is 64.2 Å². The zero-order valence-corrected chi connectivity index (χ0v) is 24.5. The van der Waals surface area contributed by atoms with Crippen molar-refractivity contribution in [1.82, 2.24) is 5.32 Å². The van der Waals surface area contributed by atoms with E-state index in [1.807, 2.05) is 0 Å². The molecule has 45 heavy (non-hydrogen) atoms. The summed E-state index contributed by atoms with van der Waals surface area (Å²) in [6, 6.07) is 23.0. The Hall–Kier alpha value is -5.14. The zero-order valence-electron chi connectivity index (χ0n) is 22.9. The molecule has 3 N–H and O–H groups in total. The topological polar surface area (TPSA) is 130 Å². The lowest BCUT2D eigenvalue weighted by molar-refractivity contribution is -0.385. The number of nitrogens with one attached hydrogen (secondary N) is 3. The van der Waals surface area contributed by atoms with E-state index in [-0.39, 0.29) is 33.3 Å². The number of nitrogens with zero attached hydrogens (tertiary/aromatic N) is 1. The molecule has 230 valence electrons. The average Bonchev–Trinajstić information content (AvgIpc) is 3.01. The largest absolute Gasteiger partial charge is 0.418 e. The van der Waals surface area contributed by atoms with E-state index in [0.717, 1.165) is 23.9 Å². The van der Waals surface area contributed by atoms with E-state index in [2.05, 4.69) is 16.0 Å². The number of carbonyl (C=O) groups is 3. The third kappa shape index (κ3) is 9.17. The van der Waals surface area contributed by atoms with Crippen molar-refractivity contribution in [3.8, 4) is 0 Å². The Morgan fingerprint density at radius 3 is 2.22 bits per heavy atom. The summed E-state index contributed by atoms with van der Waals surface area (Å²) >= 11 is 6.72.